The third kappa shape index (κ3) is 3.03. The van der Waals surface area contributed by atoms with Crippen LogP contribution < -0.4 is 5.32 Å². The Bertz CT molecular complexity index is 707. The van der Waals surface area contributed by atoms with E-state index in [1.54, 1.807) is 7.11 Å². The zero-order chi connectivity index (χ0) is 14.5. The lowest BCUT2D eigenvalue weighted by Crippen LogP contribution is -2.16. The van der Waals surface area contributed by atoms with Crippen molar-refractivity contribution in [1.29, 1.82) is 0 Å². The van der Waals surface area contributed by atoms with Crippen molar-refractivity contribution in [3.05, 3.63) is 72.6 Å². The van der Waals surface area contributed by atoms with E-state index in [9.17, 15) is 0 Å². The summed E-state index contributed by atoms with van der Waals surface area (Å²) in [6.07, 6.45) is 3.71. The number of benzene rings is 2. The summed E-state index contributed by atoms with van der Waals surface area (Å²) in [5.41, 5.74) is 2.28. The standard InChI is InChI=1S/C18H18N2O/c1-21-13-18(15-6-3-2-4-7-15)20-17-9-5-8-14-10-11-19-12-16(14)17/h2-12,18,20H,13H2,1H3. The Labute approximate surface area is 124 Å². The van der Waals surface area contributed by atoms with Crippen LogP contribution in [-0.4, -0.2) is 18.7 Å². The molecule has 0 amide bonds. The largest absolute Gasteiger partial charge is 0.382 e. The number of hydrogen-bond donors (Lipinski definition) is 1. The summed E-state index contributed by atoms with van der Waals surface area (Å²) in [6.45, 7) is 0.612. The molecule has 1 heterocycles. The number of anilines is 1. The van der Waals surface area contributed by atoms with Crippen molar-refractivity contribution in [2.24, 2.45) is 0 Å². The van der Waals surface area contributed by atoms with Crippen molar-refractivity contribution in [2.75, 3.05) is 19.0 Å². The average molecular weight is 278 g/mol. The molecule has 0 fully saturated rings. The topological polar surface area (TPSA) is 34.1 Å². The van der Waals surface area contributed by atoms with Gasteiger partial charge in [0.25, 0.3) is 0 Å². The predicted octanol–water partition coefficient (Wildman–Crippen LogP) is 4.03. The molecule has 1 aromatic heterocycles. The Morgan fingerprint density at radius 1 is 1.05 bits per heavy atom. The average Bonchev–Trinajstić information content (AvgIpc) is 2.55. The fourth-order valence-corrected chi connectivity index (χ4v) is 2.50. The molecule has 3 rings (SSSR count). The van der Waals surface area contributed by atoms with Gasteiger partial charge < -0.3 is 10.1 Å². The van der Waals surface area contributed by atoms with Crippen molar-refractivity contribution >= 4 is 16.5 Å². The maximum absolute atomic E-state index is 5.36. The smallest absolute Gasteiger partial charge is 0.0747 e. The molecule has 0 saturated heterocycles. The van der Waals surface area contributed by atoms with Crippen LogP contribution in [0.4, 0.5) is 5.69 Å². The quantitative estimate of drug-likeness (QED) is 0.765. The number of rotatable bonds is 5. The molecule has 0 aliphatic heterocycles. The molecule has 2 aromatic carbocycles. The number of pyridine rings is 1. The van der Waals surface area contributed by atoms with Crippen LogP contribution in [0.25, 0.3) is 10.8 Å². The minimum Gasteiger partial charge on any atom is -0.382 e. The first-order valence-electron chi connectivity index (χ1n) is 7.01. The molecule has 1 N–H and O–H groups in total. The van der Waals surface area contributed by atoms with Gasteiger partial charge in [0, 0.05) is 30.6 Å². The molecule has 0 spiro atoms. The van der Waals surface area contributed by atoms with E-state index in [-0.39, 0.29) is 6.04 Å². The molecule has 3 nitrogen and oxygen atoms in total. The number of methoxy groups -OCH3 is 1. The van der Waals surface area contributed by atoms with E-state index in [1.165, 1.54) is 10.9 Å². The third-order valence-electron chi connectivity index (χ3n) is 3.55. The number of aromatic nitrogens is 1. The maximum atomic E-state index is 5.36. The summed E-state index contributed by atoms with van der Waals surface area (Å²) >= 11 is 0. The number of ether oxygens (including phenoxy) is 1. The van der Waals surface area contributed by atoms with E-state index >= 15 is 0 Å². The molecule has 0 radical (unpaired) electrons. The monoisotopic (exact) mass is 278 g/mol. The minimum atomic E-state index is 0.113. The summed E-state index contributed by atoms with van der Waals surface area (Å²) < 4.78 is 5.36. The highest BCUT2D eigenvalue weighted by Gasteiger charge is 2.12. The Balaban J connectivity index is 1.95. The zero-order valence-corrected chi connectivity index (χ0v) is 12.0. The van der Waals surface area contributed by atoms with E-state index in [0.717, 1.165) is 11.1 Å². The van der Waals surface area contributed by atoms with Gasteiger partial charge in [-0.3, -0.25) is 4.98 Å². The number of hydrogen-bond acceptors (Lipinski definition) is 3. The van der Waals surface area contributed by atoms with Gasteiger partial charge in [-0.25, -0.2) is 0 Å². The highest BCUT2D eigenvalue weighted by molar-refractivity contribution is 5.93. The van der Waals surface area contributed by atoms with Gasteiger partial charge in [0.15, 0.2) is 0 Å². The van der Waals surface area contributed by atoms with Crippen LogP contribution in [-0.2, 0) is 4.74 Å². The second kappa shape index (κ2) is 6.37. The second-order valence-corrected chi connectivity index (χ2v) is 4.97. The van der Waals surface area contributed by atoms with E-state index < -0.39 is 0 Å². The Hall–Kier alpha value is -2.39. The van der Waals surface area contributed by atoms with Gasteiger partial charge in [0.1, 0.15) is 0 Å². The first-order chi connectivity index (χ1) is 10.4. The molecule has 0 aliphatic carbocycles. The summed E-state index contributed by atoms with van der Waals surface area (Å²) in [5, 5.41) is 5.88. The van der Waals surface area contributed by atoms with Crippen LogP contribution in [0.3, 0.4) is 0 Å². The maximum Gasteiger partial charge on any atom is 0.0747 e. The molecule has 1 unspecified atom stereocenters. The van der Waals surface area contributed by atoms with Crippen LogP contribution in [0.5, 0.6) is 0 Å². The van der Waals surface area contributed by atoms with E-state index in [2.05, 4.69) is 40.6 Å². The highest BCUT2D eigenvalue weighted by Crippen LogP contribution is 2.26. The van der Waals surface area contributed by atoms with E-state index in [4.69, 9.17) is 4.74 Å². The van der Waals surface area contributed by atoms with E-state index in [1.807, 2.05) is 36.7 Å². The highest BCUT2D eigenvalue weighted by atomic mass is 16.5. The molecule has 0 saturated carbocycles. The third-order valence-corrected chi connectivity index (χ3v) is 3.55. The molecule has 106 valence electrons. The van der Waals surface area contributed by atoms with Crippen LogP contribution in [0, 0.1) is 0 Å². The summed E-state index contributed by atoms with van der Waals surface area (Å²) in [5.74, 6) is 0. The number of nitrogens with one attached hydrogen (secondary N) is 1. The van der Waals surface area contributed by atoms with Crippen LogP contribution in [0.2, 0.25) is 0 Å². The normalized spacial score (nSPS) is 12.2. The van der Waals surface area contributed by atoms with Gasteiger partial charge >= 0.3 is 0 Å². The zero-order valence-electron chi connectivity index (χ0n) is 12.0. The van der Waals surface area contributed by atoms with Gasteiger partial charge in [-0.05, 0) is 23.1 Å². The SMILES string of the molecule is COCC(Nc1cccc2ccncc12)c1ccccc1. The molecule has 0 bridgehead atoms. The predicted molar refractivity (Wildman–Crippen MR) is 86.4 cm³/mol. The van der Waals surface area contributed by atoms with Crippen molar-refractivity contribution in [3.8, 4) is 0 Å². The fraction of sp³-hybridized carbons (Fsp3) is 0.167. The first kappa shape index (κ1) is 13.6. The minimum absolute atomic E-state index is 0.113. The van der Waals surface area contributed by atoms with Crippen molar-refractivity contribution in [3.63, 3.8) is 0 Å². The molecule has 21 heavy (non-hydrogen) atoms. The lowest BCUT2D eigenvalue weighted by atomic mass is 10.1. The molecule has 0 aliphatic rings. The van der Waals surface area contributed by atoms with Gasteiger partial charge in [0.2, 0.25) is 0 Å². The van der Waals surface area contributed by atoms with Gasteiger partial charge in [-0.1, -0.05) is 42.5 Å². The lowest BCUT2D eigenvalue weighted by molar-refractivity contribution is 0.186. The van der Waals surface area contributed by atoms with Gasteiger partial charge in [-0.15, -0.1) is 0 Å². The summed E-state index contributed by atoms with van der Waals surface area (Å²) in [6, 6.07) is 18.7. The molecule has 3 aromatic rings. The van der Waals surface area contributed by atoms with Crippen LogP contribution in [0.1, 0.15) is 11.6 Å². The Morgan fingerprint density at radius 2 is 1.90 bits per heavy atom. The first-order valence-corrected chi connectivity index (χ1v) is 7.01. The van der Waals surface area contributed by atoms with Gasteiger partial charge in [-0.2, -0.15) is 0 Å². The number of nitrogens with zero attached hydrogens (tertiary/aromatic N) is 1. The van der Waals surface area contributed by atoms with Crippen LogP contribution in [0.15, 0.2) is 67.0 Å². The molecule has 1 atom stereocenters. The van der Waals surface area contributed by atoms with Gasteiger partial charge in [0.05, 0.1) is 12.6 Å². The second-order valence-electron chi connectivity index (χ2n) is 4.97. The van der Waals surface area contributed by atoms with E-state index in [0.29, 0.717) is 6.61 Å². The summed E-state index contributed by atoms with van der Waals surface area (Å²) in [4.78, 5) is 4.23. The summed E-state index contributed by atoms with van der Waals surface area (Å²) in [7, 11) is 1.72. The Kier molecular flexibility index (Phi) is 4.12. The molecule has 3 heteroatoms. The molecular formula is C18H18N2O. The molecular weight excluding hydrogens is 260 g/mol. The Morgan fingerprint density at radius 3 is 2.71 bits per heavy atom. The van der Waals surface area contributed by atoms with Crippen LogP contribution >= 0.6 is 0 Å². The van der Waals surface area contributed by atoms with Crippen molar-refractivity contribution < 1.29 is 4.74 Å². The number of fused-ring (bicyclic) bond motifs is 1. The van der Waals surface area contributed by atoms with Crippen molar-refractivity contribution in [1.82, 2.24) is 4.98 Å². The fourth-order valence-electron chi connectivity index (χ4n) is 2.50. The lowest BCUT2D eigenvalue weighted by Gasteiger charge is -2.20. The van der Waals surface area contributed by atoms with Crippen molar-refractivity contribution in [2.45, 2.75) is 6.04 Å².